The van der Waals surface area contributed by atoms with Crippen molar-refractivity contribution in [2.75, 3.05) is 6.54 Å². The fourth-order valence-corrected chi connectivity index (χ4v) is 3.28. The number of hydrogen-bond donors (Lipinski definition) is 1. The number of hydrogen-bond acceptors (Lipinski definition) is 3. The summed E-state index contributed by atoms with van der Waals surface area (Å²) in [7, 11) is 0. The maximum atomic E-state index is 6.35. The molecule has 2 aromatic rings. The van der Waals surface area contributed by atoms with Crippen LogP contribution in [-0.4, -0.2) is 11.5 Å². The summed E-state index contributed by atoms with van der Waals surface area (Å²) in [6.45, 7) is 6.14. The van der Waals surface area contributed by atoms with E-state index in [0.717, 1.165) is 38.1 Å². The first-order valence-corrected chi connectivity index (χ1v) is 8.82. The number of benzene rings is 1. The first-order chi connectivity index (χ1) is 10.1. The van der Waals surface area contributed by atoms with Crippen molar-refractivity contribution in [1.29, 1.82) is 0 Å². The van der Waals surface area contributed by atoms with E-state index in [1.807, 2.05) is 30.5 Å². The minimum Gasteiger partial charge on any atom is -0.312 e. The Morgan fingerprint density at radius 3 is 2.76 bits per heavy atom. The molecule has 0 spiro atoms. The van der Waals surface area contributed by atoms with Crippen LogP contribution in [0.3, 0.4) is 0 Å². The Kier molecular flexibility index (Phi) is 6.55. The van der Waals surface area contributed by atoms with Gasteiger partial charge in [-0.05, 0) is 58.2 Å². The van der Waals surface area contributed by atoms with E-state index in [2.05, 4.69) is 46.1 Å². The van der Waals surface area contributed by atoms with Gasteiger partial charge in [0.15, 0.2) is 0 Å². The summed E-state index contributed by atoms with van der Waals surface area (Å²) in [6.07, 6.45) is 1.81. The molecule has 112 valence electrons. The van der Waals surface area contributed by atoms with Crippen LogP contribution in [0.4, 0.5) is 0 Å². The molecule has 0 unspecified atom stereocenters. The Morgan fingerprint density at radius 2 is 2.10 bits per heavy atom. The molecule has 0 aliphatic heterocycles. The zero-order valence-corrected chi connectivity index (χ0v) is 15.2. The Bertz CT molecular complexity index is 587. The normalized spacial score (nSPS) is 11.1. The highest BCUT2D eigenvalue weighted by Crippen LogP contribution is 2.33. The minimum atomic E-state index is 0.622. The van der Waals surface area contributed by atoms with Gasteiger partial charge in [-0.1, -0.05) is 43.3 Å². The lowest BCUT2D eigenvalue weighted by molar-refractivity contribution is 0.550. The third-order valence-electron chi connectivity index (χ3n) is 2.85. The minimum absolute atomic E-state index is 0.622. The van der Waals surface area contributed by atoms with Crippen molar-refractivity contribution in [2.24, 2.45) is 5.92 Å². The molecule has 21 heavy (non-hydrogen) atoms. The van der Waals surface area contributed by atoms with Gasteiger partial charge in [-0.25, -0.2) is 4.98 Å². The van der Waals surface area contributed by atoms with Crippen LogP contribution >= 0.6 is 39.3 Å². The monoisotopic (exact) mass is 384 g/mol. The Morgan fingerprint density at radius 1 is 1.29 bits per heavy atom. The summed E-state index contributed by atoms with van der Waals surface area (Å²) in [5, 5.41) is 5.21. The highest BCUT2D eigenvalue weighted by molar-refractivity contribution is 9.10. The standard InChI is InChI=1S/C16H18BrClN2S/c1-11(2)8-19-10-13-14(18)4-3-5-15(13)21-16-7-6-12(17)9-20-16/h3-7,9,11,19H,8,10H2,1-2H3. The molecule has 2 nitrogen and oxygen atoms in total. The quantitative estimate of drug-likeness (QED) is 0.721. The van der Waals surface area contributed by atoms with Crippen molar-refractivity contribution < 1.29 is 0 Å². The number of nitrogens with one attached hydrogen (secondary N) is 1. The molecule has 0 atom stereocenters. The van der Waals surface area contributed by atoms with Gasteiger partial charge in [-0.15, -0.1) is 0 Å². The number of nitrogens with zero attached hydrogens (tertiary/aromatic N) is 1. The molecule has 1 N–H and O–H groups in total. The molecular weight excluding hydrogens is 368 g/mol. The van der Waals surface area contributed by atoms with Crippen LogP contribution in [0.2, 0.25) is 5.02 Å². The fourth-order valence-electron chi connectivity index (χ4n) is 1.83. The highest BCUT2D eigenvalue weighted by Gasteiger charge is 2.09. The van der Waals surface area contributed by atoms with Crippen molar-refractivity contribution >= 4 is 39.3 Å². The smallest absolute Gasteiger partial charge is 0.101 e. The molecule has 1 aromatic carbocycles. The Balaban J connectivity index is 2.14. The molecular formula is C16H18BrClN2S. The van der Waals surface area contributed by atoms with Crippen molar-refractivity contribution in [2.45, 2.75) is 30.3 Å². The molecule has 0 bridgehead atoms. The van der Waals surface area contributed by atoms with Crippen LogP contribution in [-0.2, 0) is 6.54 Å². The van der Waals surface area contributed by atoms with Crippen LogP contribution in [0.5, 0.6) is 0 Å². The molecule has 0 amide bonds. The second kappa shape index (κ2) is 8.18. The fraction of sp³-hybridized carbons (Fsp3) is 0.312. The van der Waals surface area contributed by atoms with E-state index in [4.69, 9.17) is 11.6 Å². The predicted molar refractivity (Wildman–Crippen MR) is 94.1 cm³/mol. The van der Waals surface area contributed by atoms with Gasteiger partial charge in [0, 0.05) is 27.1 Å². The maximum absolute atomic E-state index is 6.35. The number of rotatable bonds is 6. The molecule has 2 rings (SSSR count). The number of halogens is 2. The van der Waals surface area contributed by atoms with Crippen molar-refractivity contribution in [3.8, 4) is 0 Å². The Labute approximate surface area is 143 Å². The van der Waals surface area contributed by atoms with E-state index in [-0.39, 0.29) is 0 Å². The average Bonchev–Trinajstić information content (AvgIpc) is 2.44. The van der Waals surface area contributed by atoms with Gasteiger partial charge in [0.05, 0.1) is 0 Å². The molecule has 5 heteroatoms. The summed E-state index contributed by atoms with van der Waals surface area (Å²) in [6, 6.07) is 10.0. The van der Waals surface area contributed by atoms with E-state index >= 15 is 0 Å². The zero-order chi connectivity index (χ0) is 15.2. The SMILES string of the molecule is CC(C)CNCc1c(Cl)cccc1Sc1ccc(Br)cn1. The van der Waals surface area contributed by atoms with Crippen LogP contribution in [0.15, 0.2) is 50.9 Å². The lowest BCUT2D eigenvalue weighted by atomic mass is 10.2. The average molecular weight is 386 g/mol. The van der Waals surface area contributed by atoms with Crippen LogP contribution in [0.25, 0.3) is 0 Å². The van der Waals surface area contributed by atoms with E-state index < -0.39 is 0 Å². The summed E-state index contributed by atoms with van der Waals surface area (Å²) in [5.74, 6) is 0.622. The van der Waals surface area contributed by atoms with Crippen LogP contribution in [0.1, 0.15) is 19.4 Å². The maximum Gasteiger partial charge on any atom is 0.101 e. The third-order valence-corrected chi connectivity index (χ3v) is 4.72. The second-order valence-electron chi connectivity index (χ2n) is 5.16. The molecule has 0 aliphatic carbocycles. The predicted octanol–water partition coefficient (Wildman–Crippen LogP) is 5.39. The van der Waals surface area contributed by atoms with Gasteiger partial charge in [0.1, 0.15) is 5.03 Å². The molecule has 0 aliphatic rings. The Hall–Kier alpha value is -0.550. The topological polar surface area (TPSA) is 24.9 Å². The molecule has 0 saturated carbocycles. The lowest BCUT2D eigenvalue weighted by Crippen LogP contribution is -2.19. The lowest BCUT2D eigenvalue weighted by Gasteiger charge is -2.13. The largest absolute Gasteiger partial charge is 0.312 e. The van der Waals surface area contributed by atoms with Crippen molar-refractivity contribution in [3.05, 3.63) is 51.6 Å². The first kappa shape index (κ1) is 16.8. The van der Waals surface area contributed by atoms with Gasteiger partial charge < -0.3 is 5.32 Å². The van der Waals surface area contributed by atoms with Gasteiger partial charge in [-0.2, -0.15) is 0 Å². The summed E-state index contributed by atoms with van der Waals surface area (Å²) < 4.78 is 0.983. The zero-order valence-electron chi connectivity index (χ0n) is 12.1. The van der Waals surface area contributed by atoms with E-state index in [1.54, 1.807) is 11.8 Å². The first-order valence-electron chi connectivity index (χ1n) is 6.84. The van der Waals surface area contributed by atoms with E-state index in [9.17, 15) is 0 Å². The molecule has 0 fully saturated rings. The molecule has 1 aromatic heterocycles. The van der Waals surface area contributed by atoms with Crippen LogP contribution < -0.4 is 5.32 Å². The summed E-state index contributed by atoms with van der Waals surface area (Å²) in [4.78, 5) is 5.55. The van der Waals surface area contributed by atoms with E-state index in [1.165, 1.54) is 0 Å². The number of pyridine rings is 1. The third kappa shape index (κ3) is 5.29. The molecule has 1 heterocycles. The van der Waals surface area contributed by atoms with Crippen molar-refractivity contribution in [3.63, 3.8) is 0 Å². The number of aromatic nitrogens is 1. The summed E-state index contributed by atoms with van der Waals surface area (Å²) in [5.41, 5.74) is 1.13. The highest BCUT2D eigenvalue weighted by atomic mass is 79.9. The van der Waals surface area contributed by atoms with Crippen molar-refractivity contribution in [1.82, 2.24) is 10.3 Å². The van der Waals surface area contributed by atoms with Gasteiger partial charge in [-0.3, -0.25) is 0 Å². The van der Waals surface area contributed by atoms with Gasteiger partial charge >= 0.3 is 0 Å². The summed E-state index contributed by atoms with van der Waals surface area (Å²) >= 11 is 11.4. The second-order valence-corrected chi connectivity index (χ2v) is 7.54. The molecule has 0 radical (unpaired) electrons. The van der Waals surface area contributed by atoms with E-state index in [0.29, 0.717) is 5.92 Å². The van der Waals surface area contributed by atoms with Gasteiger partial charge in [0.2, 0.25) is 0 Å². The van der Waals surface area contributed by atoms with Crippen LogP contribution in [0, 0.1) is 5.92 Å². The molecule has 0 saturated heterocycles. The van der Waals surface area contributed by atoms with Gasteiger partial charge in [0.25, 0.3) is 0 Å².